The van der Waals surface area contributed by atoms with Gasteiger partial charge in [-0.1, -0.05) is 6.92 Å². The summed E-state index contributed by atoms with van der Waals surface area (Å²) in [5, 5.41) is 6.77. The molecular weight excluding hydrogens is 316 g/mol. The Morgan fingerprint density at radius 2 is 1.80 bits per heavy atom. The molecule has 0 aromatic carbocycles. The highest BCUT2D eigenvalue weighted by atomic mass is 16.5. The summed E-state index contributed by atoms with van der Waals surface area (Å²) >= 11 is 0. The van der Waals surface area contributed by atoms with Crippen LogP contribution < -0.4 is 10.6 Å². The number of hydrogen-bond acceptors (Lipinski definition) is 5. The summed E-state index contributed by atoms with van der Waals surface area (Å²) in [6.45, 7) is 16.8. The molecular formula is C18H40N6O. The lowest BCUT2D eigenvalue weighted by atomic mass is 10.3. The van der Waals surface area contributed by atoms with Crippen molar-refractivity contribution in [3.8, 4) is 0 Å². The molecule has 1 aliphatic rings. The minimum atomic E-state index is 0.828. The molecule has 0 aromatic rings. The predicted octanol–water partition coefficient (Wildman–Crippen LogP) is 0.147. The number of piperazine rings is 1. The molecule has 25 heavy (non-hydrogen) atoms. The van der Waals surface area contributed by atoms with Crippen LogP contribution in [0.3, 0.4) is 0 Å². The van der Waals surface area contributed by atoms with Gasteiger partial charge in [0.1, 0.15) is 0 Å². The van der Waals surface area contributed by atoms with Crippen molar-refractivity contribution in [2.24, 2.45) is 4.99 Å². The zero-order chi connectivity index (χ0) is 18.3. The van der Waals surface area contributed by atoms with Gasteiger partial charge in [0, 0.05) is 72.6 Å². The topological polar surface area (TPSA) is 55.4 Å². The summed E-state index contributed by atoms with van der Waals surface area (Å²) in [5.74, 6) is 0.931. The second-order valence-electron chi connectivity index (χ2n) is 6.61. The van der Waals surface area contributed by atoms with Crippen LogP contribution in [0.2, 0.25) is 0 Å². The zero-order valence-corrected chi connectivity index (χ0v) is 16.9. The fourth-order valence-corrected chi connectivity index (χ4v) is 2.93. The van der Waals surface area contributed by atoms with Gasteiger partial charge in [-0.05, 0) is 26.9 Å². The molecule has 0 unspecified atom stereocenters. The van der Waals surface area contributed by atoms with E-state index in [4.69, 9.17) is 9.73 Å². The summed E-state index contributed by atoms with van der Waals surface area (Å²) in [4.78, 5) is 12.1. The first kappa shape index (κ1) is 22.2. The van der Waals surface area contributed by atoms with E-state index in [9.17, 15) is 0 Å². The van der Waals surface area contributed by atoms with Gasteiger partial charge in [0.2, 0.25) is 0 Å². The van der Waals surface area contributed by atoms with Crippen LogP contribution in [0.25, 0.3) is 0 Å². The van der Waals surface area contributed by atoms with Crippen LogP contribution >= 0.6 is 0 Å². The van der Waals surface area contributed by atoms with Crippen LogP contribution in [0, 0.1) is 0 Å². The molecule has 0 saturated carbocycles. The van der Waals surface area contributed by atoms with Crippen molar-refractivity contribution in [1.29, 1.82) is 0 Å². The first-order valence-corrected chi connectivity index (χ1v) is 9.84. The van der Waals surface area contributed by atoms with Crippen molar-refractivity contribution in [1.82, 2.24) is 25.3 Å². The highest BCUT2D eigenvalue weighted by Gasteiger charge is 2.14. The van der Waals surface area contributed by atoms with Gasteiger partial charge in [-0.3, -0.25) is 9.89 Å². The van der Waals surface area contributed by atoms with Crippen LogP contribution in [0.5, 0.6) is 0 Å². The Labute approximate surface area is 154 Å². The molecule has 148 valence electrons. The number of methoxy groups -OCH3 is 1. The average molecular weight is 357 g/mol. The van der Waals surface area contributed by atoms with E-state index in [1.54, 1.807) is 7.11 Å². The van der Waals surface area contributed by atoms with Crippen molar-refractivity contribution in [2.75, 3.05) is 92.8 Å². The largest absolute Gasteiger partial charge is 0.385 e. The average Bonchev–Trinajstić information content (AvgIpc) is 2.62. The lowest BCUT2D eigenvalue weighted by molar-refractivity contribution is 0.140. The molecule has 1 rings (SSSR count). The molecule has 0 atom stereocenters. The van der Waals surface area contributed by atoms with E-state index in [2.05, 4.69) is 46.2 Å². The molecule has 7 nitrogen and oxygen atoms in total. The summed E-state index contributed by atoms with van der Waals surface area (Å²) in [7, 11) is 3.90. The van der Waals surface area contributed by atoms with Crippen LogP contribution in [0.15, 0.2) is 4.99 Å². The van der Waals surface area contributed by atoms with Crippen LogP contribution in [-0.2, 0) is 4.74 Å². The lowest BCUT2D eigenvalue weighted by Gasteiger charge is -2.33. The minimum absolute atomic E-state index is 0.828. The molecule has 7 heteroatoms. The van der Waals surface area contributed by atoms with Crippen molar-refractivity contribution >= 4 is 5.96 Å². The fraction of sp³-hybridized carbons (Fsp3) is 0.944. The van der Waals surface area contributed by atoms with E-state index in [0.29, 0.717) is 0 Å². The summed E-state index contributed by atoms with van der Waals surface area (Å²) in [6, 6.07) is 0. The van der Waals surface area contributed by atoms with Crippen molar-refractivity contribution < 1.29 is 4.74 Å². The molecule has 0 aromatic heterocycles. The summed E-state index contributed by atoms with van der Waals surface area (Å²) in [6.07, 6.45) is 1.08. The fourth-order valence-electron chi connectivity index (χ4n) is 2.93. The number of rotatable bonds is 12. The van der Waals surface area contributed by atoms with Crippen molar-refractivity contribution in [3.63, 3.8) is 0 Å². The van der Waals surface area contributed by atoms with Gasteiger partial charge < -0.3 is 25.2 Å². The van der Waals surface area contributed by atoms with Gasteiger partial charge in [0.05, 0.1) is 6.54 Å². The van der Waals surface area contributed by atoms with Crippen LogP contribution in [-0.4, -0.2) is 113 Å². The highest BCUT2D eigenvalue weighted by Crippen LogP contribution is 2.00. The van der Waals surface area contributed by atoms with E-state index >= 15 is 0 Å². The smallest absolute Gasteiger partial charge is 0.191 e. The third-order valence-corrected chi connectivity index (χ3v) is 4.62. The Kier molecular flexibility index (Phi) is 12.7. The molecule has 0 spiro atoms. The van der Waals surface area contributed by atoms with E-state index < -0.39 is 0 Å². The highest BCUT2D eigenvalue weighted by molar-refractivity contribution is 5.79. The second kappa shape index (κ2) is 14.3. The van der Waals surface area contributed by atoms with E-state index in [0.717, 1.165) is 58.3 Å². The standard InChI is InChI=1S/C18H40N6O/c1-5-19-18(20-8-11-22(3)10-7-17-25-4)21-9-12-24-15-13-23(6-2)14-16-24/h5-17H2,1-4H3,(H2,19,20,21). The number of likely N-dealkylation sites (N-methyl/N-ethyl adjacent to an activating group) is 2. The summed E-state index contributed by atoms with van der Waals surface area (Å²) < 4.78 is 5.10. The Morgan fingerprint density at radius 3 is 2.44 bits per heavy atom. The SMILES string of the molecule is CCNC(=NCCN1CCN(CC)CC1)NCCN(C)CCCOC. The second-order valence-corrected chi connectivity index (χ2v) is 6.61. The monoisotopic (exact) mass is 356 g/mol. The number of nitrogens with one attached hydrogen (secondary N) is 2. The number of aliphatic imine (C=N–C) groups is 1. The molecule has 1 aliphatic heterocycles. The van der Waals surface area contributed by atoms with Crippen LogP contribution in [0.4, 0.5) is 0 Å². The lowest BCUT2D eigenvalue weighted by Crippen LogP contribution is -2.47. The molecule has 0 amide bonds. The Morgan fingerprint density at radius 1 is 1.08 bits per heavy atom. The Bertz CT molecular complexity index is 344. The first-order chi connectivity index (χ1) is 12.2. The zero-order valence-electron chi connectivity index (χ0n) is 16.9. The van der Waals surface area contributed by atoms with Crippen LogP contribution in [0.1, 0.15) is 20.3 Å². The normalized spacial score (nSPS) is 17.2. The molecule has 2 N–H and O–H groups in total. The van der Waals surface area contributed by atoms with Gasteiger partial charge in [0.15, 0.2) is 5.96 Å². The maximum absolute atomic E-state index is 5.10. The van der Waals surface area contributed by atoms with Gasteiger partial charge >= 0.3 is 0 Å². The number of hydrogen-bond donors (Lipinski definition) is 2. The van der Waals surface area contributed by atoms with Gasteiger partial charge in [-0.2, -0.15) is 0 Å². The van der Waals surface area contributed by atoms with Crippen molar-refractivity contribution in [3.05, 3.63) is 0 Å². The number of nitrogens with zero attached hydrogens (tertiary/aromatic N) is 4. The van der Waals surface area contributed by atoms with E-state index in [1.165, 1.54) is 32.7 Å². The maximum atomic E-state index is 5.10. The predicted molar refractivity (Wildman–Crippen MR) is 107 cm³/mol. The number of guanidine groups is 1. The molecule has 0 radical (unpaired) electrons. The third kappa shape index (κ3) is 10.6. The maximum Gasteiger partial charge on any atom is 0.191 e. The Hall–Kier alpha value is -0.890. The quantitative estimate of drug-likeness (QED) is 0.295. The molecule has 0 bridgehead atoms. The van der Waals surface area contributed by atoms with E-state index in [1.807, 2.05) is 0 Å². The van der Waals surface area contributed by atoms with Gasteiger partial charge in [-0.15, -0.1) is 0 Å². The molecule has 1 heterocycles. The minimum Gasteiger partial charge on any atom is -0.385 e. The Balaban J connectivity index is 2.20. The van der Waals surface area contributed by atoms with Gasteiger partial charge in [-0.25, -0.2) is 0 Å². The molecule has 1 fully saturated rings. The van der Waals surface area contributed by atoms with Gasteiger partial charge in [0.25, 0.3) is 0 Å². The van der Waals surface area contributed by atoms with Crippen molar-refractivity contribution in [2.45, 2.75) is 20.3 Å². The summed E-state index contributed by atoms with van der Waals surface area (Å²) in [5.41, 5.74) is 0. The number of ether oxygens (including phenoxy) is 1. The first-order valence-electron chi connectivity index (χ1n) is 9.84. The molecule has 0 aliphatic carbocycles. The molecule has 1 saturated heterocycles. The van der Waals surface area contributed by atoms with E-state index in [-0.39, 0.29) is 0 Å². The third-order valence-electron chi connectivity index (χ3n) is 4.62.